The molecule has 1 N–H and O–H groups in total. The van der Waals surface area contributed by atoms with Crippen LogP contribution in [0.3, 0.4) is 0 Å². The summed E-state index contributed by atoms with van der Waals surface area (Å²) in [7, 11) is 0. The van der Waals surface area contributed by atoms with Crippen LogP contribution in [0.15, 0.2) is 30.3 Å². The Balaban J connectivity index is 2.82. The van der Waals surface area contributed by atoms with Crippen molar-refractivity contribution in [3.8, 4) is 0 Å². The smallest absolute Gasteiger partial charge is 0.450 e. The lowest BCUT2D eigenvalue weighted by atomic mass is 9.94. The van der Waals surface area contributed by atoms with Crippen molar-refractivity contribution in [3.05, 3.63) is 35.9 Å². The highest BCUT2D eigenvalue weighted by atomic mass is 16.7. The quantitative estimate of drug-likeness (QED) is 0.826. The molecule has 1 rings (SSSR count). The summed E-state index contributed by atoms with van der Waals surface area (Å²) in [6.45, 7) is 8.08. The van der Waals surface area contributed by atoms with Gasteiger partial charge in [0.2, 0.25) is 0 Å². The van der Waals surface area contributed by atoms with Gasteiger partial charge in [-0.1, -0.05) is 30.3 Å². The van der Waals surface area contributed by atoms with Gasteiger partial charge in [-0.2, -0.15) is 0 Å². The highest BCUT2D eigenvalue weighted by Crippen LogP contribution is 2.24. The fourth-order valence-corrected chi connectivity index (χ4v) is 1.78. The standard InChI is InChI=1S/C15H22O4/c1-11(19-14(16)17)13(10-18-15(2,3)4)12-8-6-5-7-9-12/h5-9,11,13H,10H2,1-4H3,(H,16,17). The van der Waals surface area contributed by atoms with E-state index in [1.165, 1.54) is 0 Å². The number of rotatable bonds is 5. The van der Waals surface area contributed by atoms with Gasteiger partial charge in [-0.05, 0) is 33.3 Å². The molecule has 4 heteroatoms. The topological polar surface area (TPSA) is 55.8 Å². The molecule has 0 heterocycles. The third-order valence-corrected chi connectivity index (χ3v) is 2.78. The Labute approximate surface area is 114 Å². The minimum absolute atomic E-state index is 0.114. The highest BCUT2D eigenvalue weighted by Gasteiger charge is 2.25. The zero-order valence-electron chi connectivity index (χ0n) is 11.9. The first-order valence-electron chi connectivity index (χ1n) is 6.38. The monoisotopic (exact) mass is 266 g/mol. The molecule has 0 aliphatic rings. The Hall–Kier alpha value is -1.55. The van der Waals surface area contributed by atoms with Crippen molar-refractivity contribution >= 4 is 6.16 Å². The zero-order valence-corrected chi connectivity index (χ0v) is 11.9. The average molecular weight is 266 g/mol. The van der Waals surface area contributed by atoms with Crippen LogP contribution in [0.2, 0.25) is 0 Å². The molecule has 106 valence electrons. The van der Waals surface area contributed by atoms with Crippen LogP contribution in [0.5, 0.6) is 0 Å². The number of benzene rings is 1. The molecule has 4 nitrogen and oxygen atoms in total. The predicted octanol–water partition coefficient (Wildman–Crippen LogP) is 3.67. The maximum absolute atomic E-state index is 10.7. The first-order chi connectivity index (χ1) is 8.79. The molecule has 1 aromatic carbocycles. The van der Waals surface area contributed by atoms with Crippen LogP contribution in [0.4, 0.5) is 4.79 Å². The van der Waals surface area contributed by atoms with Gasteiger partial charge in [0, 0.05) is 5.92 Å². The molecule has 0 aliphatic carbocycles. The highest BCUT2D eigenvalue weighted by molar-refractivity contribution is 5.57. The summed E-state index contributed by atoms with van der Waals surface area (Å²) in [5.41, 5.74) is 0.746. The third-order valence-electron chi connectivity index (χ3n) is 2.78. The van der Waals surface area contributed by atoms with Crippen molar-refractivity contribution in [2.24, 2.45) is 0 Å². The van der Waals surface area contributed by atoms with Crippen LogP contribution in [0.1, 0.15) is 39.2 Å². The second-order valence-electron chi connectivity index (χ2n) is 5.53. The fraction of sp³-hybridized carbons (Fsp3) is 0.533. The van der Waals surface area contributed by atoms with Gasteiger partial charge in [0.05, 0.1) is 12.2 Å². The average Bonchev–Trinajstić information content (AvgIpc) is 2.28. The van der Waals surface area contributed by atoms with Crippen LogP contribution < -0.4 is 0 Å². The minimum atomic E-state index is -1.26. The second kappa shape index (κ2) is 6.57. The van der Waals surface area contributed by atoms with E-state index in [0.29, 0.717) is 6.61 Å². The Bertz CT molecular complexity index is 394. The predicted molar refractivity (Wildman–Crippen MR) is 73.5 cm³/mol. The van der Waals surface area contributed by atoms with Gasteiger partial charge in [-0.3, -0.25) is 0 Å². The maximum atomic E-state index is 10.7. The molecule has 0 bridgehead atoms. The normalized spacial score (nSPS) is 14.7. The molecule has 1 aromatic rings. The molecule has 0 saturated carbocycles. The van der Waals surface area contributed by atoms with E-state index >= 15 is 0 Å². The first kappa shape index (κ1) is 15.5. The van der Waals surface area contributed by atoms with Gasteiger partial charge < -0.3 is 14.6 Å². The molecule has 2 atom stereocenters. The minimum Gasteiger partial charge on any atom is -0.450 e. The Morgan fingerprint density at radius 3 is 2.32 bits per heavy atom. The van der Waals surface area contributed by atoms with E-state index < -0.39 is 12.3 Å². The number of hydrogen-bond donors (Lipinski definition) is 1. The summed E-state index contributed by atoms with van der Waals surface area (Å²) >= 11 is 0. The number of ether oxygens (including phenoxy) is 2. The number of carbonyl (C=O) groups is 1. The lowest BCUT2D eigenvalue weighted by molar-refractivity contribution is -0.0341. The first-order valence-corrected chi connectivity index (χ1v) is 6.38. The van der Waals surface area contributed by atoms with E-state index in [0.717, 1.165) is 5.56 Å². The summed E-state index contributed by atoms with van der Waals surface area (Å²) < 4.78 is 10.6. The number of hydrogen-bond acceptors (Lipinski definition) is 3. The molecule has 2 unspecified atom stereocenters. The molecule has 0 fully saturated rings. The van der Waals surface area contributed by atoms with E-state index in [9.17, 15) is 4.79 Å². The zero-order chi connectivity index (χ0) is 14.5. The van der Waals surface area contributed by atoms with E-state index in [-0.39, 0.29) is 11.5 Å². The molecule has 0 amide bonds. The molecule has 0 saturated heterocycles. The van der Waals surface area contributed by atoms with Crippen LogP contribution in [0.25, 0.3) is 0 Å². The van der Waals surface area contributed by atoms with Gasteiger partial charge in [-0.25, -0.2) is 4.79 Å². The molecule has 0 spiro atoms. The molecule has 0 aliphatic heterocycles. The molecule has 0 radical (unpaired) electrons. The van der Waals surface area contributed by atoms with Gasteiger partial charge in [-0.15, -0.1) is 0 Å². The van der Waals surface area contributed by atoms with Crippen LogP contribution in [-0.4, -0.2) is 29.6 Å². The van der Waals surface area contributed by atoms with Crippen molar-refractivity contribution < 1.29 is 19.4 Å². The lowest BCUT2D eigenvalue weighted by Crippen LogP contribution is -2.29. The van der Waals surface area contributed by atoms with Crippen molar-refractivity contribution in [2.45, 2.75) is 45.3 Å². The van der Waals surface area contributed by atoms with Crippen molar-refractivity contribution in [2.75, 3.05) is 6.61 Å². The number of carboxylic acid groups (broad SMARTS) is 1. The Kier molecular flexibility index (Phi) is 5.36. The molecular formula is C15H22O4. The lowest BCUT2D eigenvalue weighted by Gasteiger charge is -2.27. The molecule has 0 aromatic heterocycles. The van der Waals surface area contributed by atoms with Crippen LogP contribution in [-0.2, 0) is 9.47 Å². The third kappa shape index (κ3) is 5.75. The van der Waals surface area contributed by atoms with Gasteiger partial charge in [0.25, 0.3) is 0 Å². The summed E-state index contributed by atoms with van der Waals surface area (Å²) in [5.74, 6) is -0.114. The Morgan fingerprint density at radius 2 is 1.84 bits per heavy atom. The van der Waals surface area contributed by atoms with Crippen LogP contribution >= 0.6 is 0 Å². The fourth-order valence-electron chi connectivity index (χ4n) is 1.78. The SMILES string of the molecule is CC(OC(=O)O)C(COC(C)(C)C)c1ccccc1. The van der Waals surface area contributed by atoms with Gasteiger partial charge in [0.1, 0.15) is 6.10 Å². The van der Waals surface area contributed by atoms with Gasteiger partial charge >= 0.3 is 6.16 Å². The van der Waals surface area contributed by atoms with Gasteiger partial charge in [0.15, 0.2) is 0 Å². The van der Waals surface area contributed by atoms with E-state index in [1.807, 2.05) is 51.1 Å². The second-order valence-corrected chi connectivity index (χ2v) is 5.53. The summed E-state index contributed by atoms with van der Waals surface area (Å²) in [4.78, 5) is 10.7. The summed E-state index contributed by atoms with van der Waals surface area (Å²) in [6, 6.07) is 9.69. The van der Waals surface area contributed by atoms with E-state index in [2.05, 4.69) is 0 Å². The largest absolute Gasteiger partial charge is 0.506 e. The molecular weight excluding hydrogens is 244 g/mol. The summed E-state index contributed by atoms with van der Waals surface area (Å²) in [5, 5.41) is 8.74. The van der Waals surface area contributed by atoms with Crippen molar-refractivity contribution in [3.63, 3.8) is 0 Å². The van der Waals surface area contributed by atoms with E-state index in [4.69, 9.17) is 14.6 Å². The van der Waals surface area contributed by atoms with E-state index in [1.54, 1.807) is 6.92 Å². The van der Waals surface area contributed by atoms with Crippen molar-refractivity contribution in [1.29, 1.82) is 0 Å². The van der Waals surface area contributed by atoms with Crippen molar-refractivity contribution in [1.82, 2.24) is 0 Å². The Morgan fingerprint density at radius 1 is 1.26 bits per heavy atom. The summed E-state index contributed by atoms with van der Waals surface area (Å²) in [6.07, 6.45) is -1.72. The molecule has 19 heavy (non-hydrogen) atoms. The van der Waals surface area contributed by atoms with Crippen LogP contribution in [0, 0.1) is 0 Å². The maximum Gasteiger partial charge on any atom is 0.506 e.